The van der Waals surface area contributed by atoms with Gasteiger partial charge in [0.15, 0.2) is 10.8 Å². The van der Waals surface area contributed by atoms with Gasteiger partial charge in [-0.2, -0.15) is 0 Å². The molecule has 15 heteroatoms. The van der Waals surface area contributed by atoms with Gasteiger partial charge in [0.2, 0.25) is 5.91 Å². The topological polar surface area (TPSA) is 190 Å². The number of aromatic nitrogens is 1. The van der Waals surface area contributed by atoms with E-state index in [4.69, 9.17) is 16.3 Å². The number of hydrogen-bond acceptors (Lipinski definition) is 11. The number of carbonyl (C=O) groups excluding carboxylic acids is 3. The molecule has 3 amide bonds. The molecule has 1 aromatic heterocycles. The third kappa shape index (κ3) is 4.77. The lowest BCUT2D eigenvalue weighted by Crippen LogP contribution is -2.71. The normalized spacial score (nSPS) is 20.7. The smallest absolute Gasteiger partial charge is 0.352 e. The van der Waals surface area contributed by atoms with Crippen molar-refractivity contribution in [2.75, 3.05) is 30.1 Å². The number of carboxylic acids is 1. The van der Waals surface area contributed by atoms with Crippen LogP contribution in [0.4, 0.5) is 5.13 Å². The number of primary amides is 1. The Morgan fingerprint density at radius 1 is 1.48 bits per heavy atom. The number of thiazole rings is 1. The van der Waals surface area contributed by atoms with E-state index in [-0.39, 0.29) is 33.7 Å². The maximum Gasteiger partial charge on any atom is 0.352 e. The second-order valence-corrected chi connectivity index (χ2v) is 9.25. The fourth-order valence-corrected chi connectivity index (χ4v) is 5.78. The van der Waals surface area contributed by atoms with Gasteiger partial charge in [0, 0.05) is 16.9 Å². The number of amides is 3. The molecule has 1 fully saturated rings. The fraction of sp³-hybridized carbons (Fsp3) is 0.375. The van der Waals surface area contributed by atoms with E-state index in [2.05, 4.69) is 15.5 Å². The van der Waals surface area contributed by atoms with E-state index in [9.17, 15) is 24.3 Å². The van der Waals surface area contributed by atoms with Crippen molar-refractivity contribution >= 4 is 69.4 Å². The molecular weight excluding hydrogens is 468 g/mol. The predicted octanol–water partition coefficient (Wildman–Crippen LogP) is -0.967. The average Bonchev–Trinajstić information content (AvgIpc) is 3.14. The Labute approximate surface area is 188 Å². The van der Waals surface area contributed by atoms with Crippen molar-refractivity contribution in [3.63, 3.8) is 0 Å². The van der Waals surface area contributed by atoms with Crippen LogP contribution in [0.25, 0.3) is 0 Å². The predicted molar refractivity (Wildman–Crippen MR) is 116 cm³/mol. The van der Waals surface area contributed by atoms with Crippen molar-refractivity contribution in [1.82, 2.24) is 15.2 Å². The van der Waals surface area contributed by atoms with Gasteiger partial charge in [-0.15, -0.1) is 34.9 Å². The van der Waals surface area contributed by atoms with Crippen LogP contribution in [-0.2, 0) is 24.0 Å². The van der Waals surface area contributed by atoms with Crippen LogP contribution in [0.15, 0.2) is 21.8 Å². The SMILES string of the molecule is CON=C(C(=O)N[C@@H]1C(=O)N2C(C(=O)O)=C(CSCC(N)=O)CS[C@@H]12)c1csc(N)n1. The van der Waals surface area contributed by atoms with Crippen molar-refractivity contribution in [3.8, 4) is 0 Å². The van der Waals surface area contributed by atoms with E-state index in [0.29, 0.717) is 11.3 Å². The van der Waals surface area contributed by atoms with Crippen molar-refractivity contribution in [2.45, 2.75) is 11.4 Å². The Morgan fingerprint density at radius 3 is 2.81 bits per heavy atom. The number of hydrogen-bond donors (Lipinski definition) is 4. The van der Waals surface area contributed by atoms with Crippen molar-refractivity contribution < 1.29 is 29.1 Å². The molecule has 2 aliphatic rings. The molecule has 2 aliphatic heterocycles. The quantitative estimate of drug-likeness (QED) is 0.192. The standard InChI is InChI=1S/C16H18N6O6S3/c1-28-21-9(7-4-31-16(18)19-7)12(24)20-10-13(25)22-11(15(26)27)6(3-30-14(10)22)2-29-5-8(17)23/h4,10,14H,2-3,5H2,1H3,(H2,17,23)(H2,18,19)(H,20,24)(H,26,27)/t10-,14+/m1/s1. The van der Waals surface area contributed by atoms with Crippen LogP contribution >= 0.6 is 34.9 Å². The fourth-order valence-electron chi connectivity index (χ4n) is 2.97. The number of carbonyl (C=O) groups is 4. The number of aliphatic carboxylic acids is 1. The van der Waals surface area contributed by atoms with Gasteiger partial charge in [0.05, 0.1) is 5.75 Å². The van der Waals surface area contributed by atoms with E-state index < -0.39 is 35.1 Å². The molecule has 0 saturated carbocycles. The zero-order valence-corrected chi connectivity index (χ0v) is 18.5. The lowest BCUT2D eigenvalue weighted by atomic mass is 10.0. The maximum absolute atomic E-state index is 12.7. The summed E-state index contributed by atoms with van der Waals surface area (Å²) < 4.78 is 0. The minimum absolute atomic E-state index is 0.0415. The Hall–Kier alpha value is -2.78. The molecule has 3 rings (SSSR count). The molecule has 12 nitrogen and oxygen atoms in total. The summed E-state index contributed by atoms with van der Waals surface area (Å²) in [6.45, 7) is 0. The zero-order valence-electron chi connectivity index (χ0n) is 16.1. The number of thioether (sulfide) groups is 2. The molecule has 0 spiro atoms. The molecule has 1 saturated heterocycles. The highest BCUT2D eigenvalue weighted by molar-refractivity contribution is 8.01. The molecule has 0 unspecified atom stereocenters. The van der Waals surface area contributed by atoms with Gasteiger partial charge in [-0.3, -0.25) is 19.3 Å². The Bertz CT molecular complexity index is 992. The molecule has 6 N–H and O–H groups in total. The van der Waals surface area contributed by atoms with Crippen LogP contribution in [0.3, 0.4) is 0 Å². The minimum Gasteiger partial charge on any atom is -0.477 e. The largest absolute Gasteiger partial charge is 0.477 e. The Morgan fingerprint density at radius 2 is 2.23 bits per heavy atom. The number of carboxylic acid groups (broad SMARTS) is 1. The van der Waals surface area contributed by atoms with Gasteiger partial charge in [-0.25, -0.2) is 9.78 Å². The molecule has 0 radical (unpaired) electrons. The summed E-state index contributed by atoms with van der Waals surface area (Å²) in [5.74, 6) is -2.40. The second-order valence-electron chi connectivity index (χ2n) is 6.27. The average molecular weight is 487 g/mol. The molecule has 166 valence electrons. The van der Waals surface area contributed by atoms with Crippen molar-refractivity contribution in [3.05, 3.63) is 22.3 Å². The van der Waals surface area contributed by atoms with Gasteiger partial charge < -0.3 is 26.7 Å². The van der Waals surface area contributed by atoms with E-state index in [1.807, 2.05) is 0 Å². The van der Waals surface area contributed by atoms with Gasteiger partial charge in [0.1, 0.15) is 29.9 Å². The maximum atomic E-state index is 12.7. The summed E-state index contributed by atoms with van der Waals surface area (Å²) in [5, 5.41) is 17.0. The van der Waals surface area contributed by atoms with Crippen LogP contribution in [-0.4, -0.2) is 80.2 Å². The monoisotopic (exact) mass is 486 g/mol. The number of fused-ring (bicyclic) bond motifs is 1. The molecular formula is C16H18N6O6S3. The highest BCUT2D eigenvalue weighted by Gasteiger charge is 2.54. The summed E-state index contributed by atoms with van der Waals surface area (Å²) in [6, 6.07) is -0.940. The Kier molecular flexibility index (Phi) is 7.07. The first-order valence-electron chi connectivity index (χ1n) is 8.64. The van der Waals surface area contributed by atoms with Crippen LogP contribution in [0, 0.1) is 0 Å². The zero-order chi connectivity index (χ0) is 22.7. The molecule has 0 bridgehead atoms. The number of anilines is 1. The summed E-state index contributed by atoms with van der Waals surface area (Å²) in [5.41, 5.74) is 11.1. The van der Waals surface area contributed by atoms with Crippen LogP contribution < -0.4 is 16.8 Å². The summed E-state index contributed by atoms with van der Waals surface area (Å²) in [6.07, 6.45) is 0. The van der Waals surface area contributed by atoms with Crippen LogP contribution in [0.1, 0.15) is 5.69 Å². The molecule has 0 aromatic carbocycles. The Balaban J connectivity index is 1.74. The summed E-state index contributed by atoms with van der Waals surface area (Å²) >= 11 is 3.60. The van der Waals surface area contributed by atoms with Gasteiger partial charge in [-0.05, 0) is 5.57 Å². The van der Waals surface area contributed by atoms with E-state index in [1.54, 1.807) is 0 Å². The van der Waals surface area contributed by atoms with Crippen LogP contribution in [0.2, 0.25) is 0 Å². The number of nitrogens with one attached hydrogen (secondary N) is 1. The number of rotatable bonds is 9. The van der Waals surface area contributed by atoms with Crippen molar-refractivity contribution in [1.29, 1.82) is 0 Å². The number of nitrogens with two attached hydrogens (primary N) is 2. The molecule has 31 heavy (non-hydrogen) atoms. The van der Waals surface area contributed by atoms with Crippen molar-refractivity contribution in [2.24, 2.45) is 10.9 Å². The van der Waals surface area contributed by atoms with Gasteiger partial charge in [-0.1, -0.05) is 5.16 Å². The number of nitrogen functional groups attached to an aromatic ring is 1. The highest BCUT2D eigenvalue weighted by Crippen LogP contribution is 2.41. The first-order valence-corrected chi connectivity index (χ1v) is 11.7. The molecule has 2 atom stereocenters. The first-order chi connectivity index (χ1) is 14.7. The minimum atomic E-state index is -1.25. The second kappa shape index (κ2) is 9.57. The van der Waals surface area contributed by atoms with E-state index >= 15 is 0 Å². The van der Waals surface area contributed by atoms with E-state index in [1.165, 1.54) is 36.0 Å². The molecule has 0 aliphatic carbocycles. The number of oxime groups is 1. The van der Waals surface area contributed by atoms with Gasteiger partial charge in [0.25, 0.3) is 11.8 Å². The lowest BCUT2D eigenvalue weighted by Gasteiger charge is -2.49. The number of β-lactam (4-membered cyclic amide) rings is 1. The third-order valence-electron chi connectivity index (χ3n) is 4.22. The van der Waals surface area contributed by atoms with Crippen LogP contribution in [0.5, 0.6) is 0 Å². The lowest BCUT2D eigenvalue weighted by molar-refractivity contribution is -0.150. The highest BCUT2D eigenvalue weighted by atomic mass is 32.2. The van der Waals surface area contributed by atoms with Gasteiger partial charge >= 0.3 is 5.97 Å². The summed E-state index contributed by atoms with van der Waals surface area (Å²) in [4.78, 5) is 58.0. The summed E-state index contributed by atoms with van der Waals surface area (Å²) in [7, 11) is 1.26. The van der Waals surface area contributed by atoms with E-state index in [0.717, 1.165) is 16.2 Å². The number of nitrogens with zero attached hydrogens (tertiary/aromatic N) is 3. The molecule has 3 heterocycles. The molecule has 1 aromatic rings. The third-order valence-corrected chi connectivity index (χ3v) is 7.27. The first kappa shape index (κ1) is 22.9.